The molecule has 1 saturated carbocycles. The van der Waals surface area contributed by atoms with Crippen LogP contribution in [0.3, 0.4) is 0 Å². The first kappa shape index (κ1) is 24.1. The van der Waals surface area contributed by atoms with Gasteiger partial charge in [-0.2, -0.15) is 0 Å². The lowest BCUT2D eigenvalue weighted by Crippen LogP contribution is -2.24. The lowest BCUT2D eigenvalue weighted by atomic mass is 9.88. The van der Waals surface area contributed by atoms with Gasteiger partial charge in [0, 0.05) is 22.2 Å². The number of amides is 2. The van der Waals surface area contributed by atoms with Crippen LogP contribution in [-0.2, 0) is 9.59 Å². The summed E-state index contributed by atoms with van der Waals surface area (Å²) in [6, 6.07) is 23.6. The van der Waals surface area contributed by atoms with E-state index in [2.05, 4.69) is 16.7 Å². The number of anilines is 2. The first-order chi connectivity index (χ1) is 16.5. The first-order valence-corrected chi connectivity index (χ1v) is 12.9. The minimum atomic E-state index is -0.425. The molecule has 3 aromatic rings. The average molecular weight is 473 g/mol. The Labute approximate surface area is 206 Å². The SMILES string of the molecule is Cc1ccc(NC(=O)C(Sc2cccc(NC(=O)C3CCCCC3)c2)c2ccccc2)c(C)c1. The van der Waals surface area contributed by atoms with Crippen molar-refractivity contribution in [2.24, 2.45) is 5.92 Å². The van der Waals surface area contributed by atoms with Crippen molar-refractivity contribution in [3.8, 4) is 0 Å². The summed E-state index contributed by atoms with van der Waals surface area (Å²) < 4.78 is 0. The maximum absolute atomic E-state index is 13.4. The van der Waals surface area contributed by atoms with E-state index in [9.17, 15) is 9.59 Å². The summed E-state index contributed by atoms with van der Waals surface area (Å²) in [4.78, 5) is 27.1. The molecule has 0 spiro atoms. The maximum atomic E-state index is 13.4. The lowest BCUT2D eigenvalue weighted by Gasteiger charge is -2.21. The number of carbonyl (C=O) groups is 2. The van der Waals surface area contributed by atoms with E-state index in [1.54, 1.807) is 0 Å². The van der Waals surface area contributed by atoms with Crippen LogP contribution >= 0.6 is 11.8 Å². The third kappa shape index (κ3) is 6.29. The second-order valence-corrected chi connectivity index (χ2v) is 10.2. The second-order valence-electron chi connectivity index (χ2n) is 9.07. The molecule has 0 saturated heterocycles. The van der Waals surface area contributed by atoms with Crippen LogP contribution in [0.15, 0.2) is 77.7 Å². The minimum Gasteiger partial charge on any atom is -0.326 e. The zero-order valence-corrected chi connectivity index (χ0v) is 20.7. The molecule has 3 aromatic carbocycles. The zero-order chi connectivity index (χ0) is 23.9. The molecule has 176 valence electrons. The maximum Gasteiger partial charge on any atom is 0.242 e. The van der Waals surface area contributed by atoms with Gasteiger partial charge in [-0.3, -0.25) is 9.59 Å². The standard InChI is InChI=1S/C29H32N2O2S/c1-20-16-17-26(21(2)18-20)31-29(33)27(22-10-5-3-6-11-22)34-25-15-9-14-24(19-25)30-28(32)23-12-7-4-8-13-23/h3,5-6,9-11,14-19,23,27H,4,7-8,12-13H2,1-2H3,(H,30,32)(H,31,33). The molecular weight excluding hydrogens is 440 g/mol. The summed E-state index contributed by atoms with van der Waals surface area (Å²) in [6.45, 7) is 4.05. The Morgan fingerprint density at radius 2 is 1.62 bits per heavy atom. The quantitative estimate of drug-likeness (QED) is 0.355. The van der Waals surface area contributed by atoms with E-state index in [1.807, 2.05) is 80.6 Å². The minimum absolute atomic E-state index is 0.0696. The highest BCUT2D eigenvalue weighted by Gasteiger charge is 2.24. The van der Waals surface area contributed by atoms with Crippen LogP contribution in [0.4, 0.5) is 11.4 Å². The highest BCUT2D eigenvalue weighted by atomic mass is 32.2. The third-order valence-corrected chi connectivity index (χ3v) is 7.56. The van der Waals surface area contributed by atoms with Gasteiger partial charge in [0.2, 0.25) is 11.8 Å². The molecule has 0 radical (unpaired) electrons. The van der Waals surface area contributed by atoms with E-state index in [0.717, 1.165) is 58.6 Å². The van der Waals surface area contributed by atoms with Gasteiger partial charge in [-0.15, -0.1) is 11.8 Å². The summed E-state index contributed by atoms with van der Waals surface area (Å²) in [7, 11) is 0. The van der Waals surface area contributed by atoms with Crippen molar-refractivity contribution in [1.29, 1.82) is 0 Å². The van der Waals surface area contributed by atoms with Gasteiger partial charge in [-0.25, -0.2) is 0 Å². The molecule has 2 amide bonds. The number of hydrogen-bond donors (Lipinski definition) is 2. The smallest absolute Gasteiger partial charge is 0.242 e. The molecule has 0 aromatic heterocycles. The summed E-state index contributed by atoms with van der Waals surface area (Å²) >= 11 is 1.49. The fourth-order valence-electron chi connectivity index (χ4n) is 4.45. The predicted molar refractivity (Wildman–Crippen MR) is 141 cm³/mol. The number of benzene rings is 3. The number of nitrogens with one attached hydrogen (secondary N) is 2. The van der Waals surface area contributed by atoms with Crippen molar-refractivity contribution in [1.82, 2.24) is 0 Å². The molecule has 0 bridgehead atoms. The van der Waals surface area contributed by atoms with Crippen molar-refractivity contribution in [2.45, 2.75) is 56.1 Å². The largest absolute Gasteiger partial charge is 0.326 e. The molecule has 0 heterocycles. The Bertz CT molecular complexity index is 1140. The van der Waals surface area contributed by atoms with Crippen LogP contribution in [0.5, 0.6) is 0 Å². The molecular formula is C29H32N2O2S. The molecule has 1 aliphatic carbocycles. The van der Waals surface area contributed by atoms with Gasteiger partial charge in [0.05, 0.1) is 0 Å². The Morgan fingerprint density at radius 3 is 2.35 bits per heavy atom. The Morgan fingerprint density at radius 1 is 0.853 bits per heavy atom. The summed E-state index contributed by atoms with van der Waals surface area (Å²) in [5.41, 5.74) is 4.74. The van der Waals surface area contributed by atoms with E-state index < -0.39 is 5.25 Å². The number of thioether (sulfide) groups is 1. The van der Waals surface area contributed by atoms with E-state index in [0.29, 0.717) is 0 Å². The van der Waals surface area contributed by atoms with Crippen molar-refractivity contribution in [3.05, 3.63) is 89.5 Å². The third-order valence-electron chi connectivity index (χ3n) is 6.31. The summed E-state index contributed by atoms with van der Waals surface area (Å²) in [6.07, 6.45) is 5.41. The van der Waals surface area contributed by atoms with Gasteiger partial charge in [0.1, 0.15) is 5.25 Å². The van der Waals surface area contributed by atoms with Gasteiger partial charge in [-0.05, 0) is 62.1 Å². The predicted octanol–water partition coefficient (Wildman–Crippen LogP) is 7.29. The van der Waals surface area contributed by atoms with Crippen LogP contribution in [-0.4, -0.2) is 11.8 Å². The Hall–Kier alpha value is -3.05. The number of hydrogen-bond acceptors (Lipinski definition) is 3. The molecule has 34 heavy (non-hydrogen) atoms. The average Bonchev–Trinajstić information content (AvgIpc) is 2.85. The van der Waals surface area contributed by atoms with E-state index in [-0.39, 0.29) is 17.7 Å². The number of carbonyl (C=O) groups excluding carboxylic acids is 2. The Balaban J connectivity index is 1.52. The molecule has 1 fully saturated rings. The summed E-state index contributed by atoms with van der Waals surface area (Å²) in [5, 5.41) is 5.79. The van der Waals surface area contributed by atoms with Crippen molar-refractivity contribution < 1.29 is 9.59 Å². The topological polar surface area (TPSA) is 58.2 Å². The van der Waals surface area contributed by atoms with Crippen LogP contribution in [0, 0.1) is 19.8 Å². The molecule has 4 rings (SSSR count). The zero-order valence-electron chi connectivity index (χ0n) is 19.8. The van der Waals surface area contributed by atoms with E-state index in [4.69, 9.17) is 0 Å². The highest BCUT2D eigenvalue weighted by Crippen LogP contribution is 2.37. The van der Waals surface area contributed by atoms with E-state index >= 15 is 0 Å². The van der Waals surface area contributed by atoms with Crippen LogP contribution in [0.25, 0.3) is 0 Å². The molecule has 1 atom stereocenters. The molecule has 0 aliphatic heterocycles. The van der Waals surface area contributed by atoms with Crippen molar-refractivity contribution in [2.75, 3.05) is 10.6 Å². The molecule has 5 heteroatoms. The van der Waals surface area contributed by atoms with Crippen molar-refractivity contribution in [3.63, 3.8) is 0 Å². The lowest BCUT2D eigenvalue weighted by molar-refractivity contribution is -0.120. The van der Waals surface area contributed by atoms with Gasteiger partial charge in [0.15, 0.2) is 0 Å². The second kappa shape index (κ2) is 11.4. The van der Waals surface area contributed by atoms with E-state index in [1.165, 1.54) is 18.2 Å². The number of aryl methyl sites for hydroxylation is 2. The van der Waals surface area contributed by atoms with Gasteiger partial charge < -0.3 is 10.6 Å². The summed E-state index contributed by atoms with van der Waals surface area (Å²) in [5.74, 6) is 0.138. The highest BCUT2D eigenvalue weighted by molar-refractivity contribution is 8.00. The Kier molecular flexibility index (Phi) is 8.07. The number of rotatable bonds is 7. The van der Waals surface area contributed by atoms with Gasteiger partial charge >= 0.3 is 0 Å². The molecule has 1 aliphatic rings. The molecule has 2 N–H and O–H groups in total. The van der Waals surface area contributed by atoms with Crippen LogP contribution < -0.4 is 10.6 Å². The fourth-order valence-corrected chi connectivity index (χ4v) is 5.53. The van der Waals surface area contributed by atoms with Gasteiger partial charge in [0.25, 0.3) is 0 Å². The van der Waals surface area contributed by atoms with Gasteiger partial charge in [-0.1, -0.05) is 73.4 Å². The first-order valence-electron chi connectivity index (χ1n) is 12.0. The van der Waals surface area contributed by atoms with Crippen molar-refractivity contribution >= 4 is 35.0 Å². The monoisotopic (exact) mass is 472 g/mol. The molecule has 4 nitrogen and oxygen atoms in total. The van der Waals surface area contributed by atoms with Crippen LogP contribution in [0.1, 0.15) is 54.0 Å². The fraction of sp³-hybridized carbons (Fsp3) is 0.310. The molecule has 1 unspecified atom stereocenters. The van der Waals surface area contributed by atoms with Crippen LogP contribution in [0.2, 0.25) is 0 Å². The normalized spacial score (nSPS) is 14.9.